The van der Waals surface area contributed by atoms with Gasteiger partial charge in [-0.05, 0) is 78.3 Å². The quantitative estimate of drug-likeness (QED) is 0.359. The number of rotatable bonds is 6. The number of hydrogen-bond donors (Lipinski definition) is 3. The molecule has 4 fully saturated rings. The molecule has 0 saturated heterocycles. The van der Waals surface area contributed by atoms with E-state index in [1.54, 1.807) is 10.7 Å². The molecule has 2 amide bonds. The van der Waals surface area contributed by atoms with Crippen molar-refractivity contribution in [3.8, 4) is 11.3 Å². The number of urea groups is 1. The van der Waals surface area contributed by atoms with Crippen LogP contribution in [-0.4, -0.2) is 39.3 Å². The minimum atomic E-state index is -0.0535. The number of hydrogen-bond acceptors (Lipinski definition) is 4. The second-order valence-electron chi connectivity index (χ2n) is 10.2. The summed E-state index contributed by atoms with van der Waals surface area (Å²) < 4.78 is 2.55. The predicted molar refractivity (Wildman–Crippen MR) is 137 cm³/mol. The zero-order valence-corrected chi connectivity index (χ0v) is 21.2. The average Bonchev–Trinajstić information content (AvgIpc) is 3.16. The van der Waals surface area contributed by atoms with E-state index in [-0.39, 0.29) is 11.6 Å². The van der Waals surface area contributed by atoms with Gasteiger partial charge in [0.1, 0.15) is 5.82 Å². The number of nitrogens with zero attached hydrogens (tertiary/aromatic N) is 3. The SMILES string of the molecule is O=C(NCCNc1cc(-c2ccccc2Cl)nc2c(Br)cnn12)NC12CC3CC(CC(C3)C1)C2. The summed E-state index contributed by atoms with van der Waals surface area (Å²) >= 11 is 9.95. The molecule has 4 bridgehead atoms. The maximum Gasteiger partial charge on any atom is 0.315 e. The Labute approximate surface area is 212 Å². The molecule has 178 valence electrons. The fourth-order valence-electron chi connectivity index (χ4n) is 6.78. The molecule has 4 aliphatic carbocycles. The molecule has 3 N–H and O–H groups in total. The third-order valence-electron chi connectivity index (χ3n) is 7.71. The lowest BCUT2D eigenvalue weighted by atomic mass is 9.53. The lowest BCUT2D eigenvalue weighted by Gasteiger charge is -2.56. The third kappa shape index (κ3) is 4.15. The Hall–Kier alpha value is -2.32. The van der Waals surface area contributed by atoms with Crippen LogP contribution in [0, 0.1) is 17.8 Å². The van der Waals surface area contributed by atoms with Crippen LogP contribution in [0.5, 0.6) is 0 Å². The summed E-state index contributed by atoms with van der Waals surface area (Å²) in [6.45, 7) is 1.07. The van der Waals surface area contributed by atoms with Gasteiger partial charge in [0, 0.05) is 35.3 Å². The lowest BCUT2D eigenvalue weighted by molar-refractivity contribution is -0.0134. The standard InChI is InChI=1S/C25H28BrClN6O/c26-19-14-30-33-22(10-21(31-23(19)33)18-3-1-2-4-20(18)27)28-5-6-29-24(34)32-25-11-15-7-16(12-25)9-17(8-15)13-25/h1-4,10,14-17,28H,5-9,11-13H2,(H2,29,32,34). The first kappa shape index (κ1) is 22.2. The van der Waals surface area contributed by atoms with Crippen molar-refractivity contribution in [1.29, 1.82) is 0 Å². The molecule has 0 atom stereocenters. The van der Waals surface area contributed by atoms with E-state index < -0.39 is 0 Å². The number of nitrogens with one attached hydrogen (secondary N) is 3. The van der Waals surface area contributed by atoms with Crippen LogP contribution in [0.3, 0.4) is 0 Å². The van der Waals surface area contributed by atoms with Crippen molar-refractivity contribution in [2.45, 2.75) is 44.1 Å². The van der Waals surface area contributed by atoms with E-state index >= 15 is 0 Å². The fourth-order valence-corrected chi connectivity index (χ4v) is 7.37. The van der Waals surface area contributed by atoms with E-state index in [9.17, 15) is 4.79 Å². The van der Waals surface area contributed by atoms with Gasteiger partial charge < -0.3 is 16.0 Å². The monoisotopic (exact) mass is 542 g/mol. The fraction of sp³-hybridized carbons (Fsp3) is 0.480. The maximum absolute atomic E-state index is 12.7. The highest BCUT2D eigenvalue weighted by Crippen LogP contribution is 2.55. The van der Waals surface area contributed by atoms with Crippen LogP contribution in [0.2, 0.25) is 5.02 Å². The number of amides is 2. The summed E-state index contributed by atoms with van der Waals surface area (Å²) in [5.41, 5.74) is 2.34. The summed E-state index contributed by atoms with van der Waals surface area (Å²) in [4.78, 5) is 17.5. The maximum atomic E-state index is 12.7. The molecule has 2 aromatic heterocycles. The summed E-state index contributed by atoms with van der Waals surface area (Å²) in [5.74, 6) is 3.21. The van der Waals surface area contributed by atoms with E-state index in [4.69, 9.17) is 16.6 Å². The molecule has 9 heteroatoms. The van der Waals surface area contributed by atoms with E-state index in [0.29, 0.717) is 23.8 Å². The van der Waals surface area contributed by atoms with Gasteiger partial charge >= 0.3 is 6.03 Å². The van der Waals surface area contributed by atoms with Gasteiger partial charge in [-0.3, -0.25) is 0 Å². The van der Waals surface area contributed by atoms with E-state index in [0.717, 1.165) is 58.6 Å². The van der Waals surface area contributed by atoms with E-state index in [2.05, 4.69) is 37.0 Å². The number of aromatic nitrogens is 3. The molecule has 0 radical (unpaired) electrons. The van der Waals surface area contributed by atoms with Crippen molar-refractivity contribution in [3.05, 3.63) is 46.0 Å². The van der Waals surface area contributed by atoms with Gasteiger partial charge in [-0.1, -0.05) is 29.8 Å². The van der Waals surface area contributed by atoms with Crippen LogP contribution in [0.1, 0.15) is 38.5 Å². The van der Waals surface area contributed by atoms with Crippen LogP contribution >= 0.6 is 27.5 Å². The predicted octanol–water partition coefficient (Wildman–Crippen LogP) is 5.49. The van der Waals surface area contributed by atoms with Crippen molar-refractivity contribution in [2.24, 2.45) is 17.8 Å². The van der Waals surface area contributed by atoms with Crippen LogP contribution in [0.15, 0.2) is 41.0 Å². The lowest BCUT2D eigenvalue weighted by Crippen LogP contribution is -2.61. The van der Waals surface area contributed by atoms with Crippen LogP contribution < -0.4 is 16.0 Å². The second-order valence-corrected chi connectivity index (χ2v) is 11.5. The van der Waals surface area contributed by atoms with Crippen LogP contribution in [0.4, 0.5) is 10.6 Å². The van der Waals surface area contributed by atoms with E-state index in [1.165, 1.54) is 19.3 Å². The minimum Gasteiger partial charge on any atom is -0.368 e. The molecule has 4 aliphatic rings. The Morgan fingerprint density at radius 2 is 1.82 bits per heavy atom. The highest BCUT2D eigenvalue weighted by atomic mass is 79.9. The van der Waals surface area contributed by atoms with Gasteiger partial charge in [0.25, 0.3) is 0 Å². The van der Waals surface area contributed by atoms with Crippen molar-refractivity contribution < 1.29 is 4.79 Å². The molecule has 4 saturated carbocycles. The smallest absolute Gasteiger partial charge is 0.315 e. The molecule has 0 spiro atoms. The van der Waals surface area contributed by atoms with Gasteiger partial charge in [0.2, 0.25) is 0 Å². The number of carbonyl (C=O) groups is 1. The topological polar surface area (TPSA) is 83.3 Å². The van der Waals surface area contributed by atoms with Crippen molar-refractivity contribution >= 4 is 45.0 Å². The molecule has 0 aliphatic heterocycles. The number of anilines is 1. The molecule has 0 unspecified atom stereocenters. The molecule has 34 heavy (non-hydrogen) atoms. The second kappa shape index (κ2) is 8.72. The molecule has 2 heterocycles. The normalized spacial score (nSPS) is 27.2. The highest BCUT2D eigenvalue weighted by molar-refractivity contribution is 9.10. The van der Waals surface area contributed by atoms with Gasteiger partial charge in [0.15, 0.2) is 5.65 Å². The van der Waals surface area contributed by atoms with Crippen LogP contribution in [-0.2, 0) is 0 Å². The van der Waals surface area contributed by atoms with Crippen LogP contribution in [0.25, 0.3) is 16.9 Å². The Morgan fingerprint density at radius 1 is 1.12 bits per heavy atom. The molecule has 7 rings (SSSR count). The zero-order valence-electron chi connectivity index (χ0n) is 18.9. The Kier molecular flexibility index (Phi) is 5.68. The molecule has 3 aromatic rings. The first-order valence-corrected chi connectivity index (χ1v) is 13.2. The first-order valence-electron chi connectivity index (χ1n) is 12.1. The molecule has 7 nitrogen and oxygen atoms in total. The van der Waals surface area contributed by atoms with Crippen molar-refractivity contribution in [3.63, 3.8) is 0 Å². The van der Waals surface area contributed by atoms with Gasteiger partial charge in [-0.2, -0.15) is 9.61 Å². The van der Waals surface area contributed by atoms with Crippen molar-refractivity contribution in [1.82, 2.24) is 25.2 Å². The summed E-state index contributed by atoms with van der Waals surface area (Å²) in [6.07, 6.45) is 9.28. The number of benzene rings is 1. The molecular weight excluding hydrogens is 516 g/mol. The Morgan fingerprint density at radius 3 is 2.53 bits per heavy atom. The zero-order chi connectivity index (χ0) is 23.3. The van der Waals surface area contributed by atoms with Gasteiger partial charge in [-0.25, -0.2) is 9.78 Å². The minimum absolute atomic E-state index is 0.0225. The third-order valence-corrected chi connectivity index (χ3v) is 8.60. The largest absolute Gasteiger partial charge is 0.368 e. The number of fused-ring (bicyclic) bond motifs is 1. The van der Waals surface area contributed by atoms with Gasteiger partial charge in [-0.15, -0.1) is 0 Å². The molecule has 1 aromatic carbocycles. The summed E-state index contributed by atoms with van der Waals surface area (Å²) in [6, 6.07) is 9.53. The Bertz CT molecular complexity index is 1210. The summed E-state index contributed by atoms with van der Waals surface area (Å²) in [7, 11) is 0. The first-order chi connectivity index (χ1) is 16.5. The van der Waals surface area contributed by atoms with E-state index in [1.807, 2.05) is 30.3 Å². The Balaban J connectivity index is 1.11. The number of halogens is 2. The van der Waals surface area contributed by atoms with Crippen molar-refractivity contribution in [2.75, 3.05) is 18.4 Å². The molecular formula is C25H28BrClN6O. The van der Waals surface area contributed by atoms with Gasteiger partial charge in [0.05, 0.1) is 16.4 Å². The average molecular weight is 544 g/mol. The number of carbonyl (C=O) groups excluding carboxylic acids is 1. The summed E-state index contributed by atoms with van der Waals surface area (Å²) in [5, 5.41) is 14.9. The highest BCUT2D eigenvalue weighted by Gasteiger charge is 2.51.